The minimum Gasteiger partial charge on any atom is -0.496 e. The fraction of sp³-hybridized carbons (Fsp3) is 0.143. The molecule has 0 unspecified atom stereocenters. The maximum atomic E-state index is 12.8. The van der Waals surface area contributed by atoms with E-state index in [-0.39, 0.29) is 11.0 Å². The fourth-order valence-electron chi connectivity index (χ4n) is 3.34. The van der Waals surface area contributed by atoms with Crippen molar-refractivity contribution in [1.29, 1.82) is 0 Å². The van der Waals surface area contributed by atoms with Crippen molar-refractivity contribution in [3.63, 3.8) is 0 Å². The molecule has 26 heavy (non-hydrogen) atoms. The average Bonchev–Trinajstić information content (AvgIpc) is 3.05. The van der Waals surface area contributed by atoms with E-state index in [0.717, 1.165) is 16.9 Å². The van der Waals surface area contributed by atoms with Crippen molar-refractivity contribution in [3.05, 3.63) is 75.1 Å². The zero-order valence-corrected chi connectivity index (χ0v) is 14.1. The molecule has 130 valence electrons. The summed E-state index contributed by atoms with van der Waals surface area (Å²) in [4.78, 5) is 24.0. The molecule has 2 aromatic carbocycles. The third-order valence-electron chi connectivity index (χ3n) is 4.64. The summed E-state index contributed by atoms with van der Waals surface area (Å²) in [6, 6.07) is 12.0. The van der Waals surface area contributed by atoms with Crippen molar-refractivity contribution in [3.8, 4) is 5.75 Å². The minimum absolute atomic E-state index is 0.0764. The van der Waals surface area contributed by atoms with E-state index < -0.39 is 5.97 Å². The van der Waals surface area contributed by atoms with Crippen LogP contribution in [0.3, 0.4) is 0 Å². The Hall–Kier alpha value is -3.34. The van der Waals surface area contributed by atoms with Crippen LogP contribution < -0.4 is 10.2 Å². The lowest BCUT2D eigenvalue weighted by atomic mass is 10.1. The number of fused-ring (bicyclic) bond motifs is 2. The normalized spacial score (nSPS) is 14.6. The quantitative estimate of drug-likeness (QED) is 0.774. The first-order chi connectivity index (χ1) is 12.6. The summed E-state index contributed by atoms with van der Waals surface area (Å²) < 4.78 is 11.4. The van der Waals surface area contributed by atoms with Crippen LogP contribution in [-0.2, 0) is 6.42 Å². The van der Waals surface area contributed by atoms with Gasteiger partial charge in [-0.05, 0) is 48.8 Å². The van der Waals surface area contributed by atoms with E-state index in [9.17, 15) is 9.59 Å². The largest absolute Gasteiger partial charge is 0.496 e. The topological polar surface area (TPSA) is 76.7 Å². The van der Waals surface area contributed by atoms with Crippen molar-refractivity contribution in [2.45, 2.75) is 12.8 Å². The van der Waals surface area contributed by atoms with Crippen LogP contribution in [-0.4, -0.2) is 18.2 Å². The highest BCUT2D eigenvalue weighted by atomic mass is 16.5. The van der Waals surface area contributed by atoms with Gasteiger partial charge in [-0.3, -0.25) is 4.79 Å². The Balaban J connectivity index is 1.88. The molecule has 1 aromatic heterocycles. The Labute approximate surface area is 149 Å². The highest BCUT2D eigenvalue weighted by Gasteiger charge is 2.24. The molecule has 0 bridgehead atoms. The van der Waals surface area contributed by atoms with Gasteiger partial charge in [-0.25, -0.2) is 4.79 Å². The standard InChI is InChI=1S/C21H16O5/c1-25-17-5-3-2-4-12(17)10-13-6-8-15-19(22)16-11-14(21(23)24)7-9-18(16)26-20(13)15/h2-5,7,9-11H,6,8H2,1H3,(H,23,24). The number of rotatable bonds is 3. The molecule has 1 aliphatic carbocycles. The predicted octanol–water partition coefficient (Wildman–Crippen LogP) is 3.99. The Morgan fingerprint density at radius 3 is 2.77 bits per heavy atom. The fourth-order valence-corrected chi connectivity index (χ4v) is 3.34. The van der Waals surface area contributed by atoms with E-state index in [2.05, 4.69) is 0 Å². The Kier molecular flexibility index (Phi) is 3.84. The Bertz CT molecular complexity index is 1120. The highest BCUT2D eigenvalue weighted by Crippen LogP contribution is 2.35. The van der Waals surface area contributed by atoms with Gasteiger partial charge >= 0.3 is 5.97 Å². The van der Waals surface area contributed by atoms with E-state index in [1.54, 1.807) is 13.2 Å². The molecular weight excluding hydrogens is 332 g/mol. The summed E-state index contributed by atoms with van der Waals surface area (Å²) in [7, 11) is 1.62. The van der Waals surface area contributed by atoms with Crippen LogP contribution in [0.1, 0.15) is 33.7 Å². The number of para-hydroxylation sites is 1. The van der Waals surface area contributed by atoms with E-state index in [0.29, 0.717) is 35.1 Å². The third kappa shape index (κ3) is 2.58. The summed E-state index contributed by atoms with van der Waals surface area (Å²) in [6.07, 6.45) is 3.24. The number of methoxy groups -OCH3 is 1. The lowest BCUT2D eigenvalue weighted by Gasteiger charge is -2.07. The van der Waals surface area contributed by atoms with Crippen molar-refractivity contribution >= 4 is 28.6 Å². The average molecular weight is 348 g/mol. The molecule has 0 spiro atoms. The molecule has 1 N–H and O–H groups in total. The van der Waals surface area contributed by atoms with Gasteiger partial charge in [0.2, 0.25) is 0 Å². The van der Waals surface area contributed by atoms with E-state index >= 15 is 0 Å². The van der Waals surface area contributed by atoms with Crippen LogP contribution >= 0.6 is 0 Å². The first-order valence-electron chi connectivity index (χ1n) is 8.25. The van der Waals surface area contributed by atoms with Crippen molar-refractivity contribution in [2.75, 3.05) is 7.11 Å². The zero-order chi connectivity index (χ0) is 18.3. The first-order valence-corrected chi connectivity index (χ1v) is 8.25. The van der Waals surface area contributed by atoms with Gasteiger partial charge in [0.1, 0.15) is 17.1 Å². The predicted molar refractivity (Wildman–Crippen MR) is 98.6 cm³/mol. The van der Waals surface area contributed by atoms with Gasteiger partial charge in [-0.1, -0.05) is 18.2 Å². The number of hydrogen-bond acceptors (Lipinski definition) is 4. The second-order valence-corrected chi connectivity index (χ2v) is 6.17. The zero-order valence-electron chi connectivity index (χ0n) is 14.1. The molecule has 5 heteroatoms. The molecular formula is C21H16O5. The number of ether oxygens (including phenoxy) is 1. The molecule has 0 fully saturated rings. The number of hydrogen-bond donors (Lipinski definition) is 1. The lowest BCUT2D eigenvalue weighted by molar-refractivity contribution is 0.0697. The van der Waals surface area contributed by atoms with Crippen LogP contribution in [0, 0.1) is 0 Å². The molecule has 0 saturated heterocycles. The van der Waals surface area contributed by atoms with Crippen LogP contribution in [0.25, 0.3) is 22.6 Å². The molecule has 1 heterocycles. The minimum atomic E-state index is -1.07. The van der Waals surface area contributed by atoms with Gasteiger partial charge in [0.25, 0.3) is 0 Å². The van der Waals surface area contributed by atoms with Gasteiger partial charge in [0, 0.05) is 11.1 Å². The van der Waals surface area contributed by atoms with Crippen LogP contribution in [0.15, 0.2) is 51.7 Å². The van der Waals surface area contributed by atoms with E-state index in [1.807, 2.05) is 30.3 Å². The van der Waals surface area contributed by atoms with Crippen molar-refractivity contribution < 1.29 is 19.1 Å². The second kappa shape index (κ2) is 6.19. The molecule has 1 aliphatic rings. The molecule has 4 rings (SSSR count). The molecule has 0 saturated carbocycles. The number of aromatic carboxylic acids is 1. The van der Waals surface area contributed by atoms with Crippen molar-refractivity contribution in [1.82, 2.24) is 0 Å². The van der Waals surface area contributed by atoms with Crippen molar-refractivity contribution in [2.24, 2.45) is 0 Å². The molecule has 0 atom stereocenters. The van der Waals surface area contributed by atoms with Gasteiger partial charge in [-0.15, -0.1) is 0 Å². The number of carboxylic acid groups (broad SMARTS) is 1. The molecule has 0 radical (unpaired) electrons. The Morgan fingerprint density at radius 1 is 1.19 bits per heavy atom. The molecule has 0 amide bonds. The molecule has 5 nitrogen and oxygen atoms in total. The summed E-state index contributed by atoms with van der Waals surface area (Å²) >= 11 is 0. The molecule has 3 aromatic rings. The monoisotopic (exact) mass is 348 g/mol. The van der Waals surface area contributed by atoms with E-state index in [1.165, 1.54) is 12.1 Å². The number of carboxylic acids is 1. The first kappa shape index (κ1) is 16.1. The SMILES string of the molecule is COc1ccccc1C=C1CCc2c1oc1ccc(C(=O)O)cc1c2=O. The number of allylic oxidation sites excluding steroid dienone is 1. The van der Waals surface area contributed by atoms with Gasteiger partial charge in [0.05, 0.1) is 18.1 Å². The van der Waals surface area contributed by atoms with Crippen LogP contribution in [0.4, 0.5) is 0 Å². The second-order valence-electron chi connectivity index (χ2n) is 6.17. The Morgan fingerprint density at radius 2 is 2.00 bits per heavy atom. The number of benzene rings is 2. The molecule has 0 aliphatic heterocycles. The van der Waals surface area contributed by atoms with Gasteiger partial charge in [-0.2, -0.15) is 0 Å². The van der Waals surface area contributed by atoms with Crippen LogP contribution in [0.5, 0.6) is 5.75 Å². The summed E-state index contributed by atoms with van der Waals surface area (Å²) in [6.45, 7) is 0. The summed E-state index contributed by atoms with van der Waals surface area (Å²) in [5.41, 5.74) is 2.76. The van der Waals surface area contributed by atoms with Gasteiger partial charge in [0.15, 0.2) is 5.43 Å². The smallest absolute Gasteiger partial charge is 0.335 e. The summed E-state index contributed by atoms with van der Waals surface area (Å²) in [5.74, 6) is 0.266. The van der Waals surface area contributed by atoms with Gasteiger partial charge < -0.3 is 14.3 Å². The maximum Gasteiger partial charge on any atom is 0.335 e. The third-order valence-corrected chi connectivity index (χ3v) is 4.64. The lowest BCUT2D eigenvalue weighted by Crippen LogP contribution is -2.09. The van der Waals surface area contributed by atoms with E-state index in [4.69, 9.17) is 14.3 Å². The number of carbonyl (C=O) groups is 1. The van der Waals surface area contributed by atoms with Crippen LogP contribution in [0.2, 0.25) is 0 Å². The highest BCUT2D eigenvalue weighted by molar-refractivity contribution is 5.94. The maximum absolute atomic E-state index is 12.8. The summed E-state index contributed by atoms with van der Waals surface area (Å²) in [5, 5.41) is 9.44.